The lowest BCUT2D eigenvalue weighted by Crippen LogP contribution is -2.08. The quantitative estimate of drug-likeness (QED) is 0.680. The molecule has 0 bridgehead atoms. The van der Waals surface area contributed by atoms with E-state index in [9.17, 15) is 22.8 Å². The molecule has 0 unspecified atom stereocenters. The van der Waals surface area contributed by atoms with Gasteiger partial charge in [-0.05, 0) is 30.3 Å². The number of nitrogens with one attached hydrogen (secondary N) is 1. The maximum Gasteiger partial charge on any atom is 0.416 e. The molecule has 23 heavy (non-hydrogen) atoms. The zero-order valence-corrected chi connectivity index (χ0v) is 11.6. The zero-order chi connectivity index (χ0) is 16.9. The third-order valence-electron chi connectivity index (χ3n) is 2.85. The monoisotopic (exact) mass is 317 g/mol. The SMILES string of the molecule is O=Cc1cc(C(F)(F)F)ccc1C#CC(=O)Nc1ccccc1. The summed E-state index contributed by atoms with van der Waals surface area (Å²) in [6.07, 6.45) is -4.28. The van der Waals surface area contributed by atoms with E-state index in [1.807, 2.05) is 0 Å². The fourth-order valence-corrected chi connectivity index (χ4v) is 1.76. The fourth-order valence-electron chi connectivity index (χ4n) is 1.76. The van der Waals surface area contributed by atoms with Crippen molar-refractivity contribution in [2.24, 2.45) is 0 Å². The van der Waals surface area contributed by atoms with Crippen LogP contribution in [0.1, 0.15) is 21.5 Å². The third kappa shape index (κ3) is 4.45. The Bertz CT molecular complexity index is 787. The molecule has 0 radical (unpaired) electrons. The highest BCUT2D eigenvalue weighted by atomic mass is 19.4. The van der Waals surface area contributed by atoms with E-state index in [4.69, 9.17) is 0 Å². The molecule has 3 nitrogen and oxygen atoms in total. The van der Waals surface area contributed by atoms with Gasteiger partial charge in [-0.15, -0.1) is 0 Å². The van der Waals surface area contributed by atoms with Crippen LogP contribution in [0, 0.1) is 11.8 Å². The summed E-state index contributed by atoms with van der Waals surface area (Å²) in [6.45, 7) is 0. The zero-order valence-electron chi connectivity index (χ0n) is 11.6. The Morgan fingerprint density at radius 3 is 2.39 bits per heavy atom. The molecule has 0 aliphatic carbocycles. The Balaban J connectivity index is 2.20. The number of para-hydroxylation sites is 1. The number of carbonyl (C=O) groups is 2. The Hall–Kier alpha value is -3.07. The largest absolute Gasteiger partial charge is 0.416 e. The summed E-state index contributed by atoms with van der Waals surface area (Å²) < 4.78 is 37.7. The Labute approximate surface area is 130 Å². The summed E-state index contributed by atoms with van der Waals surface area (Å²) in [4.78, 5) is 22.6. The summed E-state index contributed by atoms with van der Waals surface area (Å²) in [6, 6.07) is 11.1. The molecule has 116 valence electrons. The number of benzene rings is 2. The van der Waals surface area contributed by atoms with Gasteiger partial charge in [0.2, 0.25) is 0 Å². The maximum absolute atomic E-state index is 12.6. The van der Waals surface area contributed by atoms with Gasteiger partial charge in [0, 0.05) is 22.7 Å². The summed E-state index contributed by atoms with van der Waals surface area (Å²) in [5, 5.41) is 2.50. The lowest BCUT2D eigenvalue weighted by Gasteiger charge is -2.07. The van der Waals surface area contributed by atoms with Crippen LogP contribution >= 0.6 is 0 Å². The minimum absolute atomic E-state index is 0.0520. The molecule has 0 aromatic heterocycles. The topological polar surface area (TPSA) is 46.2 Å². The van der Waals surface area contributed by atoms with Crippen LogP contribution in [-0.4, -0.2) is 12.2 Å². The summed E-state index contributed by atoms with van der Waals surface area (Å²) in [5.74, 6) is 4.01. The maximum atomic E-state index is 12.6. The first-order chi connectivity index (χ1) is 10.9. The highest BCUT2D eigenvalue weighted by molar-refractivity contribution is 6.04. The van der Waals surface area contributed by atoms with Gasteiger partial charge >= 0.3 is 12.1 Å². The van der Waals surface area contributed by atoms with Gasteiger partial charge in [0.1, 0.15) is 0 Å². The molecule has 2 rings (SSSR count). The van der Waals surface area contributed by atoms with E-state index in [-0.39, 0.29) is 17.4 Å². The van der Waals surface area contributed by atoms with Gasteiger partial charge in [-0.3, -0.25) is 9.59 Å². The van der Waals surface area contributed by atoms with E-state index in [1.165, 1.54) is 0 Å². The van der Waals surface area contributed by atoms with E-state index in [0.29, 0.717) is 11.8 Å². The molecule has 0 heterocycles. The number of halogens is 3. The van der Waals surface area contributed by atoms with Crippen molar-refractivity contribution < 1.29 is 22.8 Å². The molecule has 0 aliphatic rings. The smallest absolute Gasteiger partial charge is 0.315 e. The number of rotatable bonds is 2. The van der Waals surface area contributed by atoms with Crippen LogP contribution < -0.4 is 5.32 Å². The molecule has 0 atom stereocenters. The van der Waals surface area contributed by atoms with Crippen LogP contribution in [0.15, 0.2) is 48.5 Å². The normalized spacial score (nSPS) is 10.4. The van der Waals surface area contributed by atoms with Gasteiger partial charge in [0.05, 0.1) is 5.56 Å². The van der Waals surface area contributed by atoms with Gasteiger partial charge in [0.15, 0.2) is 6.29 Å². The molecule has 0 aliphatic heterocycles. The van der Waals surface area contributed by atoms with Crippen molar-refractivity contribution in [2.45, 2.75) is 6.18 Å². The van der Waals surface area contributed by atoms with Crippen LogP contribution in [0.4, 0.5) is 18.9 Å². The Kier molecular flexibility index (Phi) is 4.82. The van der Waals surface area contributed by atoms with Crippen LogP contribution in [0.2, 0.25) is 0 Å². The first kappa shape index (κ1) is 16.3. The van der Waals surface area contributed by atoms with Gasteiger partial charge in [0.25, 0.3) is 0 Å². The van der Waals surface area contributed by atoms with Gasteiger partial charge in [-0.25, -0.2) is 0 Å². The predicted molar refractivity (Wildman–Crippen MR) is 78.8 cm³/mol. The molecule has 0 fully saturated rings. The number of hydrogen-bond donors (Lipinski definition) is 1. The molecule has 0 saturated heterocycles. The molecule has 0 saturated carbocycles. The third-order valence-corrected chi connectivity index (χ3v) is 2.85. The van der Waals surface area contributed by atoms with E-state index < -0.39 is 17.6 Å². The van der Waals surface area contributed by atoms with Gasteiger partial charge in [-0.1, -0.05) is 24.1 Å². The molecule has 1 N–H and O–H groups in total. The minimum Gasteiger partial charge on any atom is -0.315 e. The standard InChI is InChI=1S/C17H10F3NO2/c18-17(19,20)14-8-6-12(13(10-14)11-22)7-9-16(23)21-15-4-2-1-3-5-15/h1-6,8,10-11H,(H,21,23). The molecule has 0 spiro atoms. The lowest BCUT2D eigenvalue weighted by molar-refractivity contribution is -0.137. The van der Waals surface area contributed by atoms with Crippen molar-refractivity contribution >= 4 is 17.9 Å². The molecule has 1 amide bonds. The van der Waals surface area contributed by atoms with Crippen molar-refractivity contribution in [3.8, 4) is 11.8 Å². The Morgan fingerprint density at radius 1 is 1.09 bits per heavy atom. The Morgan fingerprint density at radius 2 is 1.78 bits per heavy atom. The first-order valence-corrected chi connectivity index (χ1v) is 6.44. The number of carbonyl (C=O) groups excluding carboxylic acids is 2. The average Bonchev–Trinajstić information content (AvgIpc) is 2.52. The van der Waals surface area contributed by atoms with Gasteiger partial charge < -0.3 is 5.32 Å². The number of hydrogen-bond acceptors (Lipinski definition) is 2. The number of alkyl halides is 3. The van der Waals surface area contributed by atoms with Gasteiger partial charge in [-0.2, -0.15) is 13.2 Å². The second-order valence-corrected chi connectivity index (χ2v) is 4.49. The molecule has 6 heteroatoms. The molecule has 2 aromatic rings. The second kappa shape index (κ2) is 6.79. The molecular weight excluding hydrogens is 307 g/mol. The van der Waals surface area contributed by atoms with Crippen LogP contribution in [0.25, 0.3) is 0 Å². The lowest BCUT2D eigenvalue weighted by atomic mass is 10.0. The average molecular weight is 317 g/mol. The fraction of sp³-hybridized carbons (Fsp3) is 0.0588. The summed E-state index contributed by atoms with van der Waals surface area (Å²) >= 11 is 0. The van der Waals surface area contributed by atoms with E-state index >= 15 is 0 Å². The summed E-state index contributed by atoms with van der Waals surface area (Å²) in [5.41, 5.74) is -0.579. The van der Waals surface area contributed by atoms with Crippen molar-refractivity contribution in [1.82, 2.24) is 0 Å². The van der Waals surface area contributed by atoms with E-state index in [1.54, 1.807) is 30.3 Å². The van der Waals surface area contributed by atoms with Crippen LogP contribution in [-0.2, 0) is 11.0 Å². The second-order valence-electron chi connectivity index (χ2n) is 4.49. The minimum atomic E-state index is -4.55. The highest BCUT2D eigenvalue weighted by Crippen LogP contribution is 2.30. The van der Waals surface area contributed by atoms with Crippen LogP contribution in [0.3, 0.4) is 0 Å². The number of aldehydes is 1. The highest BCUT2D eigenvalue weighted by Gasteiger charge is 2.30. The van der Waals surface area contributed by atoms with Crippen molar-refractivity contribution in [2.75, 3.05) is 5.32 Å². The number of amides is 1. The van der Waals surface area contributed by atoms with E-state index in [0.717, 1.165) is 12.1 Å². The number of anilines is 1. The predicted octanol–water partition coefficient (Wildman–Crippen LogP) is 3.51. The van der Waals surface area contributed by atoms with Crippen molar-refractivity contribution in [3.05, 3.63) is 65.2 Å². The molecular formula is C17H10F3NO2. The molecule has 2 aromatic carbocycles. The van der Waals surface area contributed by atoms with Crippen molar-refractivity contribution in [3.63, 3.8) is 0 Å². The van der Waals surface area contributed by atoms with Crippen molar-refractivity contribution in [1.29, 1.82) is 0 Å². The summed E-state index contributed by atoms with van der Waals surface area (Å²) in [7, 11) is 0. The first-order valence-electron chi connectivity index (χ1n) is 6.44. The van der Waals surface area contributed by atoms with Crippen LogP contribution in [0.5, 0.6) is 0 Å². The van der Waals surface area contributed by atoms with E-state index in [2.05, 4.69) is 17.2 Å².